The van der Waals surface area contributed by atoms with Gasteiger partial charge in [-0.1, -0.05) is 25.7 Å². The van der Waals surface area contributed by atoms with Crippen LogP contribution in [0.5, 0.6) is 0 Å². The lowest BCUT2D eigenvalue weighted by Crippen LogP contribution is -2.60. The van der Waals surface area contributed by atoms with Gasteiger partial charge in [-0.25, -0.2) is 0 Å². The molecule has 2 aliphatic heterocycles. The van der Waals surface area contributed by atoms with Crippen LogP contribution in [-0.4, -0.2) is 66.8 Å². The molecule has 38 heavy (non-hydrogen) atoms. The Morgan fingerprint density at radius 1 is 0.579 bits per heavy atom. The summed E-state index contributed by atoms with van der Waals surface area (Å²) in [4.78, 5) is 24.6. The number of carbonyl (C=O) groups is 2. The Hall–Kier alpha value is -0.640. The van der Waals surface area contributed by atoms with Crippen LogP contribution in [0.3, 0.4) is 0 Å². The standard InChI is InChI=1S/C28H52N2O6.2ClH/c1-25(2)17-21(18-26(3,4)29(25)33)35-23(31)15-13-11-9-10-12-14-16-24(32)36-22-19-27(5,6)30(34)28(7,8)20-22;;/h21-22,33-34H,9-20H2,1-8H3;2*1H. The van der Waals surface area contributed by atoms with E-state index in [-0.39, 0.29) is 49.0 Å². The van der Waals surface area contributed by atoms with Crippen LogP contribution in [0, 0.1) is 0 Å². The molecule has 0 aromatic rings. The molecular formula is C28H54Cl2N2O6. The number of hydroxylamine groups is 4. The second kappa shape index (κ2) is 14.8. The van der Waals surface area contributed by atoms with Gasteiger partial charge in [-0.15, -0.1) is 24.8 Å². The van der Waals surface area contributed by atoms with Crippen molar-refractivity contribution in [2.45, 2.75) is 167 Å². The highest BCUT2D eigenvalue weighted by Crippen LogP contribution is 2.39. The first kappa shape index (κ1) is 37.4. The van der Waals surface area contributed by atoms with E-state index < -0.39 is 22.2 Å². The Morgan fingerprint density at radius 3 is 1.08 bits per heavy atom. The van der Waals surface area contributed by atoms with Crippen LogP contribution in [0.2, 0.25) is 0 Å². The maximum Gasteiger partial charge on any atom is 0.306 e. The summed E-state index contributed by atoms with van der Waals surface area (Å²) >= 11 is 0. The summed E-state index contributed by atoms with van der Waals surface area (Å²) in [5.74, 6) is -0.307. The van der Waals surface area contributed by atoms with Gasteiger partial charge in [-0.05, 0) is 68.2 Å². The fraction of sp³-hybridized carbons (Fsp3) is 0.929. The van der Waals surface area contributed by atoms with E-state index in [1.807, 2.05) is 55.4 Å². The van der Waals surface area contributed by atoms with E-state index in [9.17, 15) is 20.0 Å². The molecule has 0 bridgehead atoms. The van der Waals surface area contributed by atoms with Gasteiger partial charge in [0, 0.05) is 60.7 Å². The van der Waals surface area contributed by atoms with Crippen LogP contribution in [0.1, 0.15) is 132 Å². The number of hydrogen-bond acceptors (Lipinski definition) is 8. The zero-order chi connectivity index (χ0) is 27.4. The van der Waals surface area contributed by atoms with E-state index in [2.05, 4.69) is 0 Å². The Morgan fingerprint density at radius 2 is 0.816 bits per heavy atom. The number of ether oxygens (including phenoxy) is 2. The largest absolute Gasteiger partial charge is 0.462 e. The highest BCUT2D eigenvalue weighted by Gasteiger charge is 2.47. The van der Waals surface area contributed by atoms with E-state index in [1.54, 1.807) is 0 Å². The third kappa shape index (κ3) is 10.7. The molecule has 2 fully saturated rings. The molecule has 0 amide bonds. The van der Waals surface area contributed by atoms with Crippen molar-refractivity contribution in [2.24, 2.45) is 0 Å². The zero-order valence-electron chi connectivity index (χ0n) is 24.9. The minimum Gasteiger partial charge on any atom is -0.462 e. The van der Waals surface area contributed by atoms with Crippen LogP contribution in [0.4, 0.5) is 0 Å². The first-order chi connectivity index (χ1) is 16.5. The molecular weight excluding hydrogens is 531 g/mol. The van der Waals surface area contributed by atoms with Crippen LogP contribution >= 0.6 is 24.8 Å². The number of hydrogen-bond donors (Lipinski definition) is 2. The summed E-state index contributed by atoms with van der Waals surface area (Å²) in [6.45, 7) is 15.7. The number of piperidine rings is 2. The highest BCUT2D eigenvalue weighted by molar-refractivity contribution is 5.85. The van der Waals surface area contributed by atoms with Gasteiger partial charge < -0.3 is 19.9 Å². The van der Waals surface area contributed by atoms with E-state index in [1.165, 1.54) is 10.1 Å². The summed E-state index contributed by atoms with van der Waals surface area (Å²) in [6.07, 6.45) is 8.61. The summed E-state index contributed by atoms with van der Waals surface area (Å²) in [7, 11) is 0. The van der Waals surface area contributed by atoms with E-state index >= 15 is 0 Å². The van der Waals surface area contributed by atoms with Crippen molar-refractivity contribution in [3.8, 4) is 0 Å². The second-order valence-corrected chi connectivity index (χ2v) is 13.5. The topological polar surface area (TPSA) is 99.5 Å². The Labute approximate surface area is 242 Å². The van der Waals surface area contributed by atoms with Crippen LogP contribution in [-0.2, 0) is 19.1 Å². The number of nitrogens with zero attached hydrogens (tertiary/aromatic N) is 2. The van der Waals surface area contributed by atoms with Gasteiger partial charge in [0.25, 0.3) is 0 Å². The molecule has 2 aliphatic rings. The lowest BCUT2D eigenvalue weighted by Gasteiger charge is -2.50. The van der Waals surface area contributed by atoms with Crippen LogP contribution < -0.4 is 0 Å². The molecule has 2 heterocycles. The maximum absolute atomic E-state index is 12.3. The zero-order valence-corrected chi connectivity index (χ0v) is 26.5. The molecule has 0 aromatic heterocycles. The summed E-state index contributed by atoms with van der Waals surface area (Å²) in [5, 5.41) is 23.6. The monoisotopic (exact) mass is 584 g/mol. The van der Waals surface area contributed by atoms with Crippen molar-refractivity contribution < 1.29 is 29.5 Å². The van der Waals surface area contributed by atoms with E-state index in [4.69, 9.17) is 9.47 Å². The van der Waals surface area contributed by atoms with Crippen LogP contribution in [0.15, 0.2) is 0 Å². The number of carbonyl (C=O) groups excluding carboxylic acids is 2. The van der Waals surface area contributed by atoms with Gasteiger partial charge in [0.05, 0.1) is 0 Å². The average molecular weight is 586 g/mol. The van der Waals surface area contributed by atoms with E-state index in [0.717, 1.165) is 38.5 Å². The molecule has 2 rings (SSSR count). The molecule has 0 aliphatic carbocycles. The van der Waals surface area contributed by atoms with Crippen molar-refractivity contribution in [1.29, 1.82) is 0 Å². The summed E-state index contributed by atoms with van der Waals surface area (Å²) in [5.41, 5.74) is -1.71. The van der Waals surface area contributed by atoms with Gasteiger partial charge >= 0.3 is 11.9 Å². The Balaban J connectivity index is 0.00000684. The smallest absolute Gasteiger partial charge is 0.306 e. The predicted octanol–water partition coefficient (Wildman–Crippen LogP) is 6.86. The normalized spacial score (nSPS) is 23.1. The molecule has 0 aromatic carbocycles. The average Bonchev–Trinajstić information content (AvgIpc) is 2.71. The fourth-order valence-electron chi connectivity index (χ4n) is 6.26. The molecule has 0 atom stereocenters. The molecule has 0 spiro atoms. The minimum atomic E-state index is -0.427. The van der Waals surface area contributed by atoms with Gasteiger partial charge in [0.2, 0.25) is 0 Å². The van der Waals surface area contributed by atoms with Crippen molar-refractivity contribution in [3.05, 3.63) is 0 Å². The molecule has 0 radical (unpaired) electrons. The summed E-state index contributed by atoms with van der Waals surface area (Å²) in [6, 6.07) is 0. The maximum atomic E-state index is 12.3. The Kier molecular flexibility index (Phi) is 14.6. The van der Waals surface area contributed by atoms with Gasteiger partial charge in [-0.3, -0.25) is 9.59 Å². The van der Waals surface area contributed by atoms with Crippen molar-refractivity contribution in [2.75, 3.05) is 0 Å². The van der Waals surface area contributed by atoms with Gasteiger partial charge in [-0.2, -0.15) is 10.1 Å². The SMILES string of the molecule is CC1(C)CC(OC(=O)CCCCCCCCC(=O)OC2CC(C)(C)N(O)C(C)(C)C2)CC(C)(C)N1O.Cl.Cl. The molecule has 8 nitrogen and oxygen atoms in total. The second-order valence-electron chi connectivity index (χ2n) is 13.5. The molecule has 226 valence electrons. The van der Waals surface area contributed by atoms with Gasteiger partial charge in [0.1, 0.15) is 12.2 Å². The van der Waals surface area contributed by atoms with Gasteiger partial charge in [0.15, 0.2) is 0 Å². The fourth-order valence-corrected chi connectivity index (χ4v) is 6.26. The molecule has 2 N–H and O–H groups in total. The first-order valence-corrected chi connectivity index (χ1v) is 13.8. The third-order valence-corrected chi connectivity index (χ3v) is 7.81. The minimum absolute atomic E-state index is 0. The quantitative estimate of drug-likeness (QED) is 0.200. The predicted molar refractivity (Wildman–Crippen MR) is 153 cm³/mol. The lowest BCUT2D eigenvalue weighted by molar-refractivity contribution is -0.259. The van der Waals surface area contributed by atoms with Crippen molar-refractivity contribution in [3.63, 3.8) is 0 Å². The van der Waals surface area contributed by atoms with Crippen LogP contribution in [0.25, 0.3) is 0 Å². The molecule has 10 heteroatoms. The Bertz CT molecular complexity index is 662. The number of unbranched alkanes of at least 4 members (excludes halogenated alkanes) is 5. The van der Waals surface area contributed by atoms with E-state index in [0.29, 0.717) is 38.5 Å². The molecule has 2 saturated heterocycles. The molecule has 0 unspecified atom stereocenters. The lowest BCUT2D eigenvalue weighted by atomic mass is 9.80. The number of rotatable bonds is 11. The first-order valence-electron chi connectivity index (χ1n) is 13.8. The van der Waals surface area contributed by atoms with Crippen molar-refractivity contribution in [1.82, 2.24) is 10.1 Å². The number of halogens is 2. The summed E-state index contributed by atoms with van der Waals surface area (Å²) < 4.78 is 11.5. The molecule has 0 saturated carbocycles. The third-order valence-electron chi connectivity index (χ3n) is 7.81. The van der Waals surface area contributed by atoms with Crippen molar-refractivity contribution >= 4 is 36.8 Å². The number of esters is 2. The highest BCUT2D eigenvalue weighted by atomic mass is 35.5.